The van der Waals surface area contributed by atoms with E-state index in [1.54, 1.807) is 34.3 Å². The predicted octanol–water partition coefficient (Wildman–Crippen LogP) is 3.50. The number of benzene rings is 1. The number of piperazine rings is 1. The van der Waals surface area contributed by atoms with Crippen molar-refractivity contribution in [1.29, 1.82) is 0 Å². The molecule has 0 N–H and O–H groups in total. The number of carbonyl (C=O) groups is 2. The second kappa shape index (κ2) is 7.93. The van der Waals surface area contributed by atoms with Gasteiger partial charge in [-0.1, -0.05) is 23.2 Å². The largest absolute Gasteiger partial charge is 0.469 e. The van der Waals surface area contributed by atoms with Crippen LogP contribution < -0.4 is 0 Å². The van der Waals surface area contributed by atoms with Gasteiger partial charge in [0.2, 0.25) is 5.91 Å². The Hall–Kier alpha value is -1.98. The van der Waals surface area contributed by atoms with Gasteiger partial charge >= 0.3 is 0 Å². The summed E-state index contributed by atoms with van der Waals surface area (Å²) >= 11 is 11.9. The molecule has 2 amide bonds. The lowest BCUT2D eigenvalue weighted by Crippen LogP contribution is -2.50. The van der Waals surface area contributed by atoms with E-state index in [1.165, 1.54) is 0 Å². The Kier molecular flexibility index (Phi) is 5.66. The van der Waals surface area contributed by atoms with E-state index in [2.05, 4.69) is 0 Å². The van der Waals surface area contributed by atoms with Crippen molar-refractivity contribution in [3.63, 3.8) is 0 Å². The zero-order valence-corrected chi connectivity index (χ0v) is 15.1. The van der Waals surface area contributed by atoms with Gasteiger partial charge in [-0.15, -0.1) is 0 Å². The topological polar surface area (TPSA) is 53.8 Å². The van der Waals surface area contributed by atoms with Crippen LogP contribution in [0.15, 0.2) is 41.0 Å². The van der Waals surface area contributed by atoms with Crippen LogP contribution in [-0.2, 0) is 11.2 Å². The van der Waals surface area contributed by atoms with Crippen molar-refractivity contribution in [3.8, 4) is 0 Å². The van der Waals surface area contributed by atoms with Gasteiger partial charge < -0.3 is 14.2 Å². The molecule has 2 heterocycles. The summed E-state index contributed by atoms with van der Waals surface area (Å²) in [7, 11) is 0. The van der Waals surface area contributed by atoms with Gasteiger partial charge in [0.15, 0.2) is 0 Å². The predicted molar refractivity (Wildman–Crippen MR) is 96.0 cm³/mol. The highest BCUT2D eigenvalue weighted by atomic mass is 35.5. The van der Waals surface area contributed by atoms with Crippen LogP contribution in [0.4, 0.5) is 0 Å². The van der Waals surface area contributed by atoms with Crippen molar-refractivity contribution >= 4 is 35.0 Å². The maximum atomic E-state index is 12.6. The van der Waals surface area contributed by atoms with E-state index in [0.29, 0.717) is 54.6 Å². The minimum absolute atomic E-state index is 0.0781. The van der Waals surface area contributed by atoms with Gasteiger partial charge in [-0.25, -0.2) is 0 Å². The first kappa shape index (κ1) is 17.8. The average molecular weight is 381 g/mol. The van der Waals surface area contributed by atoms with Gasteiger partial charge in [0.25, 0.3) is 5.91 Å². The van der Waals surface area contributed by atoms with E-state index in [0.717, 1.165) is 5.76 Å². The van der Waals surface area contributed by atoms with Gasteiger partial charge in [-0.3, -0.25) is 9.59 Å². The monoisotopic (exact) mass is 380 g/mol. The van der Waals surface area contributed by atoms with E-state index in [-0.39, 0.29) is 11.8 Å². The molecule has 3 rings (SSSR count). The highest BCUT2D eigenvalue weighted by Crippen LogP contribution is 2.21. The third kappa shape index (κ3) is 4.55. The second-order valence-electron chi connectivity index (χ2n) is 5.91. The smallest absolute Gasteiger partial charge is 0.254 e. The lowest BCUT2D eigenvalue weighted by molar-refractivity contribution is -0.132. The summed E-state index contributed by atoms with van der Waals surface area (Å²) in [4.78, 5) is 28.3. The van der Waals surface area contributed by atoms with Gasteiger partial charge in [0.1, 0.15) is 5.76 Å². The Bertz CT molecular complexity index is 733. The van der Waals surface area contributed by atoms with E-state index in [4.69, 9.17) is 27.6 Å². The highest BCUT2D eigenvalue weighted by Gasteiger charge is 2.25. The fourth-order valence-corrected chi connectivity index (χ4v) is 3.39. The van der Waals surface area contributed by atoms with Crippen LogP contribution in [0.3, 0.4) is 0 Å². The summed E-state index contributed by atoms with van der Waals surface area (Å²) in [6.07, 6.45) is 2.60. The molecular formula is C18H18Cl2N2O3. The van der Waals surface area contributed by atoms with Crippen LogP contribution in [-0.4, -0.2) is 47.8 Å². The van der Waals surface area contributed by atoms with Crippen molar-refractivity contribution in [1.82, 2.24) is 9.80 Å². The zero-order chi connectivity index (χ0) is 17.8. The minimum Gasteiger partial charge on any atom is -0.469 e. The van der Waals surface area contributed by atoms with Crippen molar-refractivity contribution < 1.29 is 14.0 Å². The Labute approximate surface area is 156 Å². The van der Waals surface area contributed by atoms with Gasteiger partial charge in [0, 0.05) is 54.6 Å². The number of nitrogens with zero attached hydrogens (tertiary/aromatic N) is 2. The van der Waals surface area contributed by atoms with E-state index >= 15 is 0 Å². The summed E-state index contributed by atoms with van der Waals surface area (Å²) in [5.74, 6) is 0.765. The van der Waals surface area contributed by atoms with Crippen LogP contribution in [0, 0.1) is 0 Å². The van der Waals surface area contributed by atoms with Crippen LogP contribution in [0.2, 0.25) is 10.0 Å². The third-order valence-electron chi connectivity index (χ3n) is 4.19. The maximum Gasteiger partial charge on any atom is 0.254 e. The third-order valence-corrected chi connectivity index (χ3v) is 4.63. The minimum atomic E-state index is -0.118. The summed E-state index contributed by atoms with van der Waals surface area (Å²) in [5.41, 5.74) is 0.468. The molecule has 132 valence electrons. The number of furan rings is 1. The summed E-state index contributed by atoms with van der Waals surface area (Å²) in [6.45, 7) is 2.04. The molecule has 2 aromatic rings. The first-order valence-corrected chi connectivity index (χ1v) is 8.84. The number of hydrogen-bond acceptors (Lipinski definition) is 3. The van der Waals surface area contributed by atoms with Crippen molar-refractivity contribution in [2.75, 3.05) is 26.2 Å². The molecule has 0 aliphatic carbocycles. The normalized spacial score (nSPS) is 14.6. The van der Waals surface area contributed by atoms with Crippen LogP contribution in [0.5, 0.6) is 0 Å². The van der Waals surface area contributed by atoms with Crippen molar-refractivity contribution in [3.05, 3.63) is 58.0 Å². The Morgan fingerprint density at radius 2 is 1.64 bits per heavy atom. The molecule has 0 unspecified atom stereocenters. The molecule has 1 saturated heterocycles. The van der Waals surface area contributed by atoms with E-state index in [1.807, 2.05) is 12.1 Å². The molecule has 1 aromatic carbocycles. The molecular weight excluding hydrogens is 363 g/mol. The number of rotatable bonds is 4. The molecule has 0 bridgehead atoms. The summed E-state index contributed by atoms with van der Waals surface area (Å²) < 4.78 is 5.24. The molecule has 25 heavy (non-hydrogen) atoms. The number of halogens is 2. The lowest BCUT2D eigenvalue weighted by Gasteiger charge is -2.35. The second-order valence-corrected chi connectivity index (χ2v) is 6.78. The Balaban J connectivity index is 1.52. The quantitative estimate of drug-likeness (QED) is 0.815. The number of carbonyl (C=O) groups excluding carboxylic acids is 2. The van der Waals surface area contributed by atoms with E-state index in [9.17, 15) is 9.59 Å². The fraction of sp³-hybridized carbons (Fsp3) is 0.333. The maximum absolute atomic E-state index is 12.6. The molecule has 1 fully saturated rings. The molecule has 0 atom stereocenters. The summed E-state index contributed by atoms with van der Waals surface area (Å²) in [5, 5.41) is 0.866. The SMILES string of the molecule is O=C(CCc1ccco1)N1CCN(C(=O)c2cc(Cl)cc(Cl)c2)CC1. The van der Waals surface area contributed by atoms with Crippen molar-refractivity contribution in [2.45, 2.75) is 12.8 Å². The molecule has 0 spiro atoms. The molecule has 0 saturated carbocycles. The van der Waals surface area contributed by atoms with Gasteiger partial charge in [-0.05, 0) is 30.3 Å². The first-order valence-electron chi connectivity index (χ1n) is 8.08. The number of amides is 2. The number of aryl methyl sites for hydroxylation is 1. The highest BCUT2D eigenvalue weighted by molar-refractivity contribution is 6.35. The van der Waals surface area contributed by atoms with Gasteiger partial charge in [-0.2, -0.15) is 0 Å². The molecule has 5 nitrogen and oxygen atoms in total. The molecule has 1 aromatic heterocycles. The summed E-state index contributed by atoms with van der Waals surface area (Å²) in [6, 6.07) is 8.48. The average Bonchev–Trinajstić information content (AvgIpc) is 3.12. The zero-order valence-electron chi connectivity index (χ0n) is 13.6. The Morgan fingerprint density at radius 1 is 1.00 bits per heavy atom. The fourth-order valence-electron chi connectivity index (χ4n) is 2.86. The lowest BCUT2D eigenvalue weighted by atomic mass is 10.1. The standard InChI is InChI=1S/C18H18Cl2N2O3/c19-14-10-13(11-15(20)12-14)18(24)22-7-5-21(6-8-22)17(23)4-3-16-2-1-9-25-16/h1-2,9-12H,3-8H2. The van der Waals surface area contributed by atoms with Crippen LogP contribution in [0.25, 0.3) is 0 Å². The molecule has 0 radical (unpaired) electrons. The molecule has 1 aliphatic rings. The molecule has 7 heteroatoms. The Morgan fingerprint density at radius 3 is 2.24 bits per heavy atom. The number of hydrogen-bond donors (Lipinski definition) is 0. The molecule has 1 aliphatic heterocycles. The van der Waals surface area contributed by atoms with Gasteiger partial charge in [0.05, 0.1) is 6.26 Å². The van der Waals surface area contributed by atoms with Crippen LogP contribution in [0.1, 0.15) is 22.5 Å². The van der Waals surface area contributed by atoms with Crippen LogP contribution >= 0.6 is 23.2 Å². The van der Waals surface area contributed by atoms with Crippen molar-refractivity contribution in [2.24, 2.45) is 0 Å². The van der Waals surface area contributed by atoms with E-state index < -0.39 is 0 Å². The first-order chi connectivity index (χ1) is 12.0.